The number of nitro benzene ring substituents is 1. The Hall–Kier alpha value is -1.66. The summed E-state index contributed by atoms with van der Waals surface area (Å²) in [6.45, 7) is 0. The molecule has 0 unspecified atom stereocenters. The standard InChI is InChI=1S/C12H16N2O4/c15-9-5-8(6-10(16)7-9)13-11-3-1-2-4-12(11)14(17)18/h1-4,8-10,13,15-16H,5-7H2/t8-,9-,10+. The number of nitro groups is 1. The van der Waals surface area contributed by atoms with Gasteiger partial charge in [0, 0.05) is 12.1 Å². The molecule has 1 fully saturated rings. The fourth-order valence-corrected chi connectivity index (χ4v) is 2.35. The minimum Gasteiger partial charge on any atom is -0.393 e. The maximum absolute atomic E-state index is 10.9. The number of nitrogens with one attached hydrogen (secondary N) is 1. The molecule has 0 radical (unpaired) electrons. The van der Waals surface area contributed by atoms with Crippen LogP contribution in [-0.4, -0.2) is 33.4 Å². The van der Waals surface area contributed by atoms with Gasteiger partial charge in [0.1, 0.15) is 5.69 Å². The lowest BCUT2D eigenvalue weighted by molar-refractivity contribution is -0.384. The lowest BCUT2D eigenvalue weighted by Gasteiger charge is -2.30. The van der Waals surface area contributed by atoms with E-state index in [0.717, 1.165) is 0 Å². The van der Waals surface area contributed by atoms with Crippen LogP contribution in [0.2, 0.25) is 0 Å². The Bertz CT molecular complexity index is 428. The van der Waals surface area contributed by atoms with Gasteiger partial charge in [0.2, 0.25) is 0 Å². The summed E-state index contributed by atoms with van der Waals surface area (Å²) in [4.78, 5) is 10.4. The zero-order valence-corrected chi connectivity index (χ0v) is 9.82. The van der Waals surface area contributed by atoms with Gasteiger partial charge < -0.3 is 15.5 Å². The number of nitrogens with zero attached hydrogens (tertiary/aromatic N) is 1. The third-order valence-electron chi connectivity index (χ3n) is 3.12. The molecule has 3 atom stereocenters. The van der Waals surface area contributed by atoms with E-state index in [-0.39, 0.29) is 11.7 Å². The van der Waals surface area contributed by atoms with Gasteiger partial charge in [-0.1, -0.05) is 12.1 Å². The molecule has 0 bridgehead atoms. The number of aliphatic hydroxyl groups is 2. The number of aliphatic hydroxyl groups excluding tert-OH is 2. The highest BCUT2D eigenvalue weighted by molar-refractivity contribution is 5.61. The first-order valence-corrected chi connectivity index (χ1v) is 5.92. The van der Waals surface area contributed by atoms with E-state index in [4.69, 9.17) is 0 Å². The molecular weight excluding hydrogens is 236 g/mol. The first-order valence-electron chi connectivity index (χ1n) is 5.92. The molecule has 0 amide bonds. The van der Waals surface area contributed by atoms with Crippen molar-refractivity contribution >= 4 is 11.4 Å². The molecule has 18 heavy (non-hydrogen) atoms. The Labute approximate surface area is 104 Å². The van der Waals surface area contributed by atoms with Crippen LogP contribution in [0.25, 0.3) is 0 Å². The Morgan fingerprint density at radius 3 is 2.39 bits per heavy atom. The molecule has 0 aromatic heterocycles. The largest absolute Gasteiger partial charge is 0.393 e. The molecule has 1 saturated carbocycles. The maximum Gasteiger partial charge on any atom is 0.292 e. The van der Waals surface area contributed by atoms with Gasteiger partial charge in [-0.2, -0.15) is 0 Å². The molecule has 2 rings (SSSR count). The predicted octanol–water partition coefficient (Wildman–Crippen LogP) is 1.28. The average molecular weight is 252 g/mol. The SMILES string of the molecule is O=[N+]([O-])c1ccccc1N[C@H]1C[C@H](O)C[C@H](O)C1. The van der Waals surface area contributed by atoms with E-state index in [2.05, 4.69) is 5.32 Å². The Balaban J connectivity index is 2.11. The predicted molar refractivity (Wildman–Crippen MR) is 66.4 cm³/mol. The summed E-state index contributed by atoms with van der Waals surface area (Å²) >= 11 is 0. The van der Waals surface area contributed by atoms with Crippen molar-refractivity contribution in [1.82, 2.24) is 0 Å². The highest BCUT2D eigenvalue weighted by Crippen LogP contribution is 2.28. The molecule has 0 saturated heterocycles. The molecule has 0 heterocycles. The van der Waals surface area contributed by atoms with Crippen LogP contribution in [0.15, 0.2) is 24.3 Å². The van der Waals surface area contributed by atoms with E-state index in [0.29, 0.717) is 24.9 Å². The summed E-state index contributed by atoms with van der Waals surface area (Å²) in [5.41, 5.74) is 0.431. The number of anilines is 1. The number of rotatable bonds is 3. The minimum atomic E-state index is -0.561. The molecule has 3 N–H and O–H groups in total. The molecule has 1 aliphatic rings. The molecule has 6 heteroatoms. The number of hydrogen-bond donors (Lipinski definition) is 3. The van der Waals surface area contributed by atoms with Crippen molar-refractivity contribution in [1.29, 1.82) is 0 Å². The van der Waals surface area contributed by atoms with Gasteiger partial charge in [0.15, 0.2) is 0 Å². The molecule has 6 nitrogen and oxygen atoms in total. The monoisotopic (exact) mass is 252 g/mol. The lowest BCUT2D eigenvalue weighted by atomic mass is 9.90. The quantitative estimate of drug-likeness (QED) is 0.556. The Kier molecular flexibility index (Phi) is 3.78. The second-order valence-corrected chi connectivity index (χ2v) is 4.63. The summed E-state index contributed by atoms with van der Waals surface area (Å²) < 4.78 is 0. The molecule has 1 aromatic carbocycles. The van der Waals surface area contributed by atoms with E-state index in [9.17, 15) is 20.3 Å². The summed E-state index contributed by atoms with van der Waals surface area (Å²) in [7, 11) is 0. The Morgan fingerprint density at radius 1 is 1.17 bits per heavy atom. The van der Waals surface area contributed by atoms with Gasteiger partial charge in [-0.3, -0.25) is 10.1 Å². The molecular formula is C12H16N2O4. The van der Waals surface area contributed by atoms with Crippen LogP contribution < -0.4 is 5.32 Å². The summed E-state index contributed by atoms with van der Waals surface area (Å²) in [5, 5.41) is 33.0. The molecule has 98 valence electrons. The van der Waals surface area contributed by atoms with E-state index >= 15 is 0 Å². The zero-order chi connectivity index (χ0) is 13.1. The molecule has 1 aliphatic carbocycles. The van der Waals surface area contributed by atoms with Crippen LogP contribution in [0.1, 0.15) is 19.3 Å². The molecule has 0 spiro atoms. The van der Waals surface area contributed by atoms with Gasteiger partial charge in [-0.15, -0.1) is 0 Å². The maximum atomic E-state index is 10.9. The Morgan fingerprint density at radius 2 is 1.78 bits per heavy atom. The van der Waals surface area contributed by atoms with Crippen molar-refractivity contribution < 1.29 is 15.1 Å². The van der Waals surface area contributed by atoms with Gasteiger partial charge in [-0.05, 0) is 25.3 Å². The van der Waals surface area contributed by atoms with Crippen LogP contribution in [0.4, 0.5) is 11.4 Å². The van der Waals surface area contributed by atoms with E-state index < -0.39 is 17.1 Å². The van der Waals surface area contributed by atoms with Gasteiger partial charge in [-0.25, -0.2) is 0 Å². The van der Waals surface area contributed by atoms with Crippen LogP contribution >= 0.6 is 0 Å². The highest BCUT2D eigenvalue weighted by atomic mass is 16.6. The topological polar surface area (TPSA) is 95.6 Å². The van der Waals surface area contributed by atoms with Crippen LogP contribution in [0.5, 0.6) is 0 Å². The van der Waals surface area contributed by atoms with Crippen LogP contribution in [-0.2, 0) is 0 Å². The molecule has 0 aliphatic heterocycles. The summed E-state index contributed by atoms with van der Waals surface area (Å²) in [5.74, 6) is 0. The minimum absolute atomic E-state index is 0.00653. The van der Waals surface area contributed by atoms with Crippen molar-refractivity contribution in [2.24, 2.45) is 0 Å². The van der Waals surface area contributed by atoms with Crippen LogP contribution in [0.3, 0.4) is 0 Å². The fraction of sp³-hybridized carbons (Fsp3) is 0.500. The van der Waals surface area contributed by atoms with Crippen LogP contribution in [0, 0.1) is 10.1 Å². The summed E-state index contributed by atoms with van der Waals surface area (Å²) in [6, 6.07) is 6.23. The normalized spacial score (nSPS) is 27.8. The summed E-state index contributed by atoms with van der Waals surface area (Å²) in [6.07, 6.45) is 0.226. The highest BCUT2D eigenvalue weighted by Gasteiger charge is 2.27. The van der Waals surface area contributed by atoms with Crippen molar-refractivity contribution in [2.45, 2.75) is 37.5 Å². The smallest absolute Gasteiger partial charge is 0.292 e. The second kappa shape index (κ2) is 5.32. The number of para-hydroxylation sites is 2. The van der Waals surface area contributed by atoms with Gasteiger partial charge in [0.25, 0.3) is 5.69 Å². The third-order valence-corrected chi connectivity index (χ3v) is 3.12. The molecule has 1 aromatic rings. The first kappa shape index (κ1) is 12.8. The van der Waals surface area contributed by atoms with E-state index in [1.165, 1.54) is 6.07 Å². The fourth-order valence-electron chi connectivity index (χ4n) is 2.35. The van der Waals surface area contributed by atoms with Crippen molar-refractivity contribution in [3.05, 3.63) is 34.4 Å². The van der Waals surface area contributed by atoms with Gasteiger partial charge >= 0.3 is 0 Å². The van der Waals surface area contributed by atoms with E-state index in [1.54, 1.807) is 18.2 Å². The van der Waals surface area contributed by atoms with Crippen molar-refractivity contribution in [3.8, 4) is 0 Å². The second-order valence-electron chi connectivity index (χ2n) is 4.63. The van der Waals surface area contributed by atoms with Crippen molar-refractivity contribution in [3.63, 3.8) is 0 Å². The van der Waals surface area contributed by atoms with Gasteiger partial charge in [0.05, 0.1) is 17.1 Å². The number of benzene rings is 1. The first-order chi connectivity index (χ1) is 8.56. The number of hydrogen-bond acceptors (Lipinski definition) is 5. The zero-order valence-electron chi connectivity index (χ0n) is 9.82. The lowest BCUT2D eigenvalue weighted by Crippen LogP contribution is -2.37. The van der Waals surface area contributed by atoms with Crippen molar-refractivity contribution in [2.75, 3.05) is 5.32 Å². The van der Waals surface area contributed by atoms with E-state index in [1.807, 2.05) is 0 Å². The third kappa shape index (κ3) is 2.96. The average Bonchev–Trinajstić information content (AvgIpc) is 2.27.